The second-order valence-corrected chi connectivity index (χ2v) is 6.22. The largest absolute Gasteiger partial charge is 0.388 e. The summed E-state index contributed by atoms with van der Waals surface area (Å²) in [6.07, 6.45) is 0.453. The maximum Gasteiger partial charge on any atom is 0.251 e. The zero-order valence-electron chi connectivity index (χ0n) is 12.0. The van der Waals surface area contributed by atoms with Crippen LogP contribution in [0.4, 0.5) is 5.13 Å². The molecule has 1 aromatic carbocycles. The number of anilines is 1. The smallest absolute Gasteiger partial charge is 0.251 e. The van der Waals surface area contributed by atoms with E-state index in [4.69, 9.17) is 10.5 Å². The number of ether oxygens (including phenoxy) is 1. The Kier molecular flexibility index (Phi) is 4.76. The van der Waals surface area contributed by atoms with E-state index in [1.807, 2.05) is 0 Å². The summed E-state index contributed by atoms with van der Waals surface area (Å²) < 4.78 is 5.80. The van der Waals surface area contributed by atoms with Crippen LogP contribution in [0.25, 0.3) is 10.2 Å². The van der Waals surface area contributed by atoms with Crippen molar-refractivity contribution in [3.8, 4) is 0 Å². The van der Waals surface area contributed by atoms with Crippen molar-refractivity contribution in [2.45, 2.75) is 18.9 Å². The second kappa shape index (κ2) is 6.38. The minimum Gasteiger partial charge on any atom is -0.388 e. The number of nitrogens with zero attached hydrogens (tertiary/aromatic N) is 1. The number of hydrogen-bond donors (Lipinski definition) is 3. The molecule has 0 saturated heterocycles. The molecule has 1 amide bonds. The van der Waals surface area contributed by atoms with Crippen LogP contribution in [0.1, 0.15) is 23.7 Å². The lowest BCUT2D eigenvalue weighted by Crippen LogP contribution is -2.41. The molecule has 1 unspecified atom stereocenters. The van der Waals surface area contributed by atoms with Crippen molar-refractivity contribution in [1.29, 1.82) is 0 Å². The SMILES string of the molecule is COCCC(C)(O)CNC(=O)c1ccc2nc(N)sc2c1. The standard InChI is InChI=1S/C14H19N3O3S/c1-14(19,5-6-20-2)8-16-12(18)9-3-4-10-11(7-9)21-13(15)17-10/h3-4,7,19H,5-6,8H2,1-2H3,(H2,15,17)(H,16,18). The monoisotopic (exact) mass is 309 g/mol. The van der Waals surface area contributed by atoms with E-state index in [1.165, 1.54) is 11.3 Å². The van der Waals surface area contributed by atoms with Gasteiger partial charge in [-0.3, -0.25) is 4.79 Å². The first-order chi connectivity index (χ1) is 9.91. The number of aromatic nitrogens is 1. The topological polar surface area (TPSA) is 97.5 Å². The third-order valence-corrected chi connectivity index (χ3v) is 3.99. The number of aliphatic hydroxyl groups is 1. The average Bonchev–Trinajstić information content (AvgIpc) is 2.81. The number of carbonyl (C=O) groups is 1. The van der Waals surface area contributed by atoms with E-state index in [0.717, 1.165) is 10.2 Å². The first-order valence-electron chi connectivity index (χ1n) is 6.57. The molecule has 0 saturated carbocycles. The Balaban J connectivity index is 2.01. The van der Waals surface area contributed by atoms with Gasteiger partial charge in [-0.15, -0.1) is 0 Å². The lowest BCUT2D eigenvalue weighted by atomic mass is 10.0. The van der Waals surface area contributed by atoms with Crippen LogP contribution >= 0.6 is 11.3 Å². The fraction of sp³-hybridized carbons (Fsp3) is 0.429. The van der Waals surface area contributed by atoms with Gasteiger partial charge in [-0.1, -0.05) is 11.3 Å². The van der Waals surface area contributed by atoms with Gasteiger partial charge in [0, 0.05) is 32.2 Å². The second-order valence-electron chi connectivity index (χ2n) is 5.16. The first kappa shape index (κ1) is 15.7. The number of nitrogens with one attached hydrogen (secondary N) is 1. The summed E-state index contributed by atoms with van der Waals surface area (Å²) in [5.74, 6) is -0.235. The van der Waals surface area contributed by atoms with Gasteiger partial charge in [-0.2, -0.15) is 0 Å². The van der Waals surface area contributed by atoms with E-state index in [1.54, 1.807) is 32.2 Å². The molecule has 2 rings (SSSR count). The van der Waals surface area contributed by atoms with E-state index < -0.39 is 5.60 Å². The van der Waals surface area contributed by atoms with Crippen molar-refractivity contribution in [3.05, 3.63) is 23.8 Å². The quantitative estimate of drug-likeness (QED) is 0.749. The van der Waals surface area contributed by atoms with Gasteiger partial charge in [-0.25, -0.2) is 4.98 Å². The maximum absolute atomic E-state index is 12.1. The van der Waals surface area contributed by atoms with Crippen molar-refractivity contribution in [1.82, 2.24) is 10.3 Å². The number of nitrogen functional groups attached to an aromatic ring is 1. The van der Waals surface area contributed by atoms with E-state index >= 15 is 0 Å². The van der Waals surface area contributed by atoms with E-state index in [0.29, 0.717) is 23.7 Å². The van der Waals surface area contributed by atoms with Crippen molar-refractivity contribution >= 4 is 32.6 Å². The lowest BCUT2D eigenvalue weighted by Gasteiger charge is -2.23. The molecular formula is C14H19N3O3S. The summed E-state index contributed by atoms with van der Waals surface area (Å²) in [4.78, 5) is 16.3. The number of amides is 1. The highest BCUT2D eigenvalue weighted by atomic mass is 32.1. The molecule has 2 aromatic rings. The number of fused-ring (bicyclic) bond motifs is 1. The molecule has 114 valence electrons. The Labute approximate surface area is 126 Å². The fourth-order valence-electron chi connectivity index (χ4n) is 1.87. The maximum atomic E-state index is 12.1. The number of thiazole rings is 1. The highest BCUT2D eigenvalue weighted by Crippen LogP contribution is 2.24. The summed E-state index contributed by atoms with van der Waals surface area (Å²) in [6, 6.07) is 5.21. The number of methoxy groups -OCH3 is 1. The van der Waals surface area contributed by atoms with Crippen molar-refractivity contribution in [2.75, 3.05) is 26.0 Å². The van der Waals surface area contributed by atoms with Crippen molar-refractivity contribution < 1.29 is 14.6 Å². The molecule has 1 aromatic heterocycles. The van der Waals surface area contributed by atoms with Gasteiger partial charge in [0.25, 0.3) is 5.91 Å². The van der Waals surface area contributed by atoms with Crippen LogP contribution in [-0.4, -0.2) is 41.9 Å². The highest BCUT2D eigenvalue weighted by Gasteiger charge is 2.21. The van der Waals surface area contributed by atoms with Crippen LogP contribution in [-0.2, 0) is 4.74 Å². The number of benzene rings is 1. The third-order valence-electron chi connectivity index (χ3n) is 3.14. The Hall–Kier alpha value is -1.70. The molecule has 0 aliphatic carbocycles. The van der Waals surface area contributed by atoms with Gasteiger partial charge in [0.15, 0.2) is 5.13 Å². The predicted octanol–water partition coefficient (Wildman–Crippen LogP) is 1.40. The van der Waals surface area contributed by atoms with Crippen molar-refractivity contribution in [2.24, 2.45) is 0 Å². The van der Waals surface area contributed by atoms with Crippen LogP contribution < -0.4 is 11.1 Å². The Morgan fingerprint density at radius 2 is 2.33 bits per heavy atom. The molecule has 0 radical (unpaired) electrons. The molecule has 0 spiro atoms. The zero-order valence-corrected chi connectivity index (χ0v) is 12.9. The van der Waals surface area contributed by atoms with Crippen LogP contribution in [0.15, 0.2) is 18.2 Å². The van der Waals surface area contributed by atoms with Crippen LogP contribution in [0, 0.1) is 0 Å². The van der Waals surface area contributed by atoms with Crippen LogP contribution in [0.2, 0.25) is 0 Å². The summed E-state index contributed by atoms with van der Waals surface area (Å²) >= 11 is 1.34. The number of hydrogen-bond acceptors (Lipinski definition) is 6. The molecule has 7 heteroatoms. The van der Waals surface area contributed by atoms with Gasteiger partial charge in [0.2, 0.25) is 0 Å². The number of rotatable bonds is 6. The summed E-state index contributed by atoms with van der Waals surface area (Å²) in [5.41, 5.74) is 5.95. The first-order valence-corrected chi connectivity index (χ1v) is 7.38. The van der Waals surface area contributed by atoms with Gasteiger partial charge in [0.05, 0.1) is 15.8 Å². The zero-order chi connectivity index (χ0) is 15.5. The molecule has 4 N–H and O–H groups in total. The molecule has 6 nitrogen and oxygen atoms in total. The highest BCUT2D eigenvalue weighted by molar-refractivity contribution is 7.22. The molecule has 0 bridgehead atoms. The molecule has 0 aliphatic heterocycles. The predicted molar refractivity (Wildman–Crippen MR) is 83.5 cm³/mol. The number of carbonyl (C=O) groups excluding carboxylic acids is 1. The minimum atomic E-state index is -0.995. The Morgan fingerprint density at radius 3 is 3.05 bits per heavy atom. The molecule has 1 heterocycles. The van der Waals surface area contributed by atoms with E-state index in [9.17, 15) is 9.90 Å². The van der Waals surface area contributed by atoms with Crippen molar-refractivity contribution in [3.63, 3.8) is 0 Å². The normalized spacial score (nSPS) is 14.0. The third kappa shape index (κ3) is 4.13. The molecular weight excluding hydrogens is 290 g/mol. The van der Waals surface area contributed by atoms with Gasteiger partial charge in [-0.05, 0) is 25.1 Å². The van der Waals surface area contributed by atoms with Crippen LogP contribution in [0.5, 0.6) is 0 Å². The molecule has 0 aliphatic rings. The van der Waals surface area contributed by atoms with Gasteiger partial charge >= 0.3 is 0 Å². The summed E-state index contributed by atoms with van der Waals surface area (Å²) in [6.45, 7) is 2.27. The average molecular weight is 309 g/mol. The lowest BCUT2D eigenvalue weighted by molar-refractivity contribution is 0.0243. The molecule has 21 heavy (non-hydrogen) atoms. The molecule has 1 atom stereocenters. The van der Waals surface area contributed by atoms with E-state index in [-0.39, 0.29) is 12.5 Å². The van der Waals surface area contributed by atoms with E-state index in [2.05, 4.69) is 10.3 Å². The van der Waals surface area contributed by atoms with Gasteiger partial charge < -0.3 is 20.9 Å². The molecule has 0 fully saturated rings. The van der Waals surface area contributed by atoms with Gasteiger partial charge in [0.1, 0.15) is 0 Å². The van der Waals surface area contributed by atoms with Crippen LogP contribution in [0.3, 0.4) is 0 Å². The Morgan fingerprint density at radius 1 is 1.57 bits per heavy atom. The summed E-state index contributed by atoms with van der Waals surface area (Å²) in [7, 11) is 1.57. The summed E-state index contributed by atoms with van der Waals surface area (Å²) in [5, 5.41) is 13.3. The minimum absolute atomic E-state index is 0.165. The Bertz CT molecular complexity index is 639. The number of nitrogens with two attached hydrogens (primary N) is 1. The fourth-order valence-corrected chi connectivity index (χ4v) is 2.64.